The fourth-order valence-corrected chi connectivity index (χ4v) is 3.98. The number of ether oxygens (including phenoxy) is 1. The summed E-state index contributed by atoms with van der Waals surface area (Å²) in [4.78, 5) is 14.6. The highest BCUT2D eigenvalue weighted by Crippen LogP contribution is 2.31. The molecule has 33 heavy (non-hydrogen) atoms. The molecule has 7 nitrogen and oxygen atoms in total. The van der Waals surface area contributed by atoms with Crippen LogP contribution in [0.15, 0.2) is 73.1 Å². The average Bonchev–Trinajstić information content (AvgIpc) is 3.16. The van der Waals surface area contributed by atoms with E-state index in [1.807, 2.05) is 61.5 Å². The van der Waals surface area contributed by atoms with Crippen molar-refractivity contribution < 1.29 is 9.53 Å². The second-order valence-electron chi connectivity index (χ2n) is 8.16. The van der Waals surface area contributed by atoms with Crippen LogP contribution in [0.25, 0.3) is 5.52 Å². The molecular formula is C26H23N5O2. The molecule has 1 fully saturated rings. The van der Waals surface area contributed by atoms with Crippen LogP contribution < -0.4 is 10.1 Å². The molecule has 0 radical (unpaired) electrons. The van der Waals surface area contributed by atoms with Crippen molar-refractivity contribution in [2.24, 2.45) is 5.92 Å². The molecule has 4 aromatic rings. The van der Waals surface area contributed by atoms with E-state index in [0.29, 0.717) is 30.2 Å². The smallest absolute Gasteiger partial charge is 0.255 e. The van der Waals surface area contributed by atoms with Gasteiger partial charge >= 0.3 is 0 Å². The molecule has 0 bridgehead atoms. The highest BCUT2D eigenvalue weighted by atomic mass is 16.5. The largest absolute Gasteiger partial charge is 0.455 e. The Labute approximate surface area is 191 Å². The lowest BCUT2D eigenvalue weighted by Gasteiger charge is -2.35. The van der Waals surface area contributed by atoms with E-state index in [2.05, 4.69) is 16.5 Å². The predicted molar refractivity (Wildman–Crippen MR) is 125 cm³/mol. The number of aromatic nitrogens is 2. The van der Waals surface area contributed by atoms with E-state index in [4.69, 9.17) is 10.00 Å². The highest BCUT2D eigenvalue weighted by Gasteiger charge is 2.32. The van der Waals surface area contributed by atoms with Gasteiger partial charge in [-0.05, 0) is 42.3 Å². The molecule has 164 valence electrons. The van der Waals surface area contributed by atoms with Crippen molar-refractivity contribution in [1.82, 2.24) is 14.5 Å². The van der Waals surface area contributed by atoms with E-state index in [9.17, 15) is 4.79 Å². The number of amides is 1. The summed E-state index contributed by atoms with van der Waals surface area (Å²) < 4.78 is 7.85. The second kappa shape index (κ2) is 8.67. The van der Waals surface area contributed by atoms with Crippen molar-refractivity contribution in [2.45, 2.75) is 13.5 Å². The lowest BCUT2D eigenvalue weighted by atomic mass is 10.0. The van der Waals surface area contributed by atoms with Crippen molar-refractivity contribution >= 4 is 17.1 Å². The number of carbonyl (C=O) groups excluding carboxylic acids is 1. The quantitative estimate of drug-likeness (QED) is 0.475. The third-order valence-electron chi connectivity index (χ3n) is 5.89. The molecule has 5 rings (SSSR count). The summed E-state index contributed by atoms with van der Waals surface area (Å²) in [5.41, 5.74) is 4.37. The van der Waals surface area contributed by atoms with Gasteiger partial charge in [0.05, 0.1) is 23.7 Å². The molecule has 0 unspecified atom stereocenters. The minimum Gasteiger partial charge on any atom is -0.455 e. The third-order valence-corrected chi connectivity index (χ3v) is 5.89. The van der Waals surface area contributed by atoms with Gasteiger partial charge in [0.1, 0.15) is 11.3 Å². The van der Waals surface area contributed by atoms with E-state index < -0.39 is 0 Å². The normalized spacial score (nSPS) is 13.4. The summed E-state index contributed by atoms with van der Waals surface area (Å²) >= 11 is 0. The van der Waals surface area contributed by atoms with Crippen LogP contribution in [0, 0.1) is 24.2 Å². The zero-order valence-electron chi connectivity index (χ0n) is 18.2. The zero-order valence-corrected chi connectivity index (χ0v) is 18.2. The Bertz CT molecular complexity index is 1330. The van der Waals surface area contributed by atoms with Crippen molar-refractivity contribution in [3.05, 3.63) is 89.7 Å². The fraction of sp³-hybridized carbons (Fsp3) is 0.192. The second-order valence-corrected chi connectivity index (χ2v) is 8.16. The van der Waals surface area contributed by atoms with Gasteiger partial charge in [-0.2, -0.15) is 10.4 Å². The van der Waals surface area contributed by atoms with Crippen LogP contribution in [0.3, 0.4) is 0 Å². The average molecular weight is 438 g/mol. The zero-order chi connectivity index (χ0) is 22.8. The van der Waals surface area contributed by atoms with E-state index >= 15 is 0 Å². The first-order valence-corrected chi connectivity index (χ1v) is 10.8. The van der Waals surface area contributed by atoms with Crippen molar-refractivity contribution in [3.8, 4) is 17.6 Å². The van der Waals surface area contributed by atoms with Gasteiger partial charge in [0, 0.05) is 37.6 Å². The molecule has 3 heterocycles. The minimum atomic E-state index is -0.0780. The maximum atomic E-state index is 12.9. The number of hydrogen-bond acceptors (Lipinski definition) is 5. The van der Waals surface area contributed by atoms with Crippen molar-refractivity contribution in [3.63, 3.8) is 0 Å². The first-order valence-electron chi connectivity index (χ1n) is 10.8. The van der Waals surface area contributed by atoms with Gasteiger partial charge in [-0.25, -0.2) is 4.52 Å². The number of rotatable bonds is 6. The lowest BCUT2D eigenvalue weighted by Crippen LogP contribution is -2.49. The van der Waals surface area contributed by atoms with Crippen LogP contribution in [0.2, 0.25) is 0 Å². The Morgan fingerprint density at radius 1 is 1.15 bits per heavy atom. The Morgan fingerprint density at radius 2 is 1.91 bits per heavy atom. The van der Waals surface area contributed by atoms with E-state index in [1.165, 1.54) is 0 Å². The number of hydrogen-bond donors (Lipinski definition) is 1. The molecule has 1 amide bonds. The van der Waals surface area contributed by atoms with Gasteiger partial charge < -0.3 is 15.0 Å². The van der Waals surface area contributed by atoms with Crippen molar-refractivity contribution in [1.29, 1.82) is 5.26 Å². The molecule has 0 spiro atoms. The van der Waals surface area contributed by atoms with Crippen LogP contribution in [0.5, 0.6) is 11.5 Å². The fourth-order valence-electron chi connectivity index (χ4n) is 3.98. The molecule has 0 atom stereocenters. The molecule has 1 N–H and O–H groups in total. The molecule has 2 aromatic carbocycles. The summed E-state index contributed by atoms with van der Waals surface area (Å²) in [6, 6.07) is 22.0. The number of para-hydroxylation sites is 1. The lowest BCUT2D eigenvalue weighted by molar-refractivity contribution is 0.0576. The molecular weight excluding hydrogens is 414 g/mol. The van der Waals surface area contributed by atoms with Gasteiger partial charge in [0.15, 0.2) is 5.75 Å². The summed E-state index contributed by atoms with van der Waals surface area (Å²) in [7, 11) is 0. The highest BCUT2D eigenvalue weighted by molar-refractivity contribution is 5.98. The van der Waals surface area contributed by atoms with Gasteiger partial charge in [-0.1, -0.05) is 30.3 Å². The van der Waals surface area contributed by atoms with Gasteiger partial charge in [0.25, 0.3) is 5.91 Å². The van der Waals surface area contributed by atoms with Gasteiger partial charge in [-0.15, -0.1) is 0 Å². The van der Waals surface area contributed by atoms with E-state index in [-0.39, 0.29) is 11.8 Å². The number of aryl methyl sites for hydroxylation is 1. The Hall–Kier alpha value is -4.31. The molecule has 7 heteroatoms. The van der Waals surface area contributed by atoms with Crippen LogP contribution in [-0.2, 0) is 6.54 Å². The van der Waals surface area contributed by atoms with Gasteiger partial charge in [-0.3, -0.25) is 4.79 Å². The van der Waals surface area contributed by atoms with Crippen LogP contribution in [0.4, 0.5) is 5.69 Å². The Kier molecular flexibility index (Phi) is 5.41. The number of likely N-dealkylation sites (tertiary alicyclic amines) is 1. The molecule has 1 saturated heterocycles. The summed E-state index contributed by atoms with van der Waals surface area (Å²) in [5, 5.41) is 16.7. The van der Waals surface area contributed by atoms with Gasteiger partial charge in [0.2, 0.25) is 0 Å². The first-order chi connectivity index (χ1) is 16.1. The number of fused-ring (bicyclic) bond motifs is 1. The van der Waals surface area contributed by atoms with Crippen LogP contribution >= 0.6 is 0 Å². The SMILES string of the molecule is Cc1c(C(=O)N2CC(C#N)C2)cn2nccc(Oc3ccc(CNc4ccccc4)cc3)c12. The number of nitrogens with one attached hydrogen (secondary N) is 1. The Balaban J connectivity index is 1.32. The standard InChI is InChI=1S/C26H23N5O2/c1-18-23(26(32)30-15-20(13-27)16-30)17-31-25(18)24(11-12-29-31)33-22-9-7-19(8-10-22)14-28-21-5-3-2-4-6-21/h2-12,17,20,28H,14-16H2,1H3. The number of anilines is 1. The third kappa shape index (κ3) is 4.11. The number of benzene rings is 2. The maximum absolute atomic E-state index is 12.9. The van der Waals surface area contributed by atoms with E-state index in [0.717, 1.165) is 28.9 Å². The molecule has 2 aromatic heterocycles. The Morgan fingerprint density at radius 3 is 2.64 bits per heavy atom. The molecule has 0 saturated carbocycles. The number of carbonyl (C=O) groups is 1. The summed E-state index contributed by atoms with van der Waals surface area (Å²) in [5.74, 6) is 1.19. The minimum absolute atomic E-state index is 0.0748. The molecule has 1 aliphatic rings. The van der Waals surface area contributed by atoms with Crippen LogP contribution in [0.1, 0.15) is 21.5 Å². The number of nitrogens with zero attached hydrogens (tertiary/aromatic N) is 4. The number of nitriles is 1. The van der Waals surface area contributed by atoms with E-state index in [1.54, 1.807) is 27.9 Å². The molecule has 0 aliphatic carbocycles. The summed E-state index contributed by atoms with van der Waals surface area (Å²) in [6.45, 7) is 3.57. The van der Waals surface area contributed by atoms with Crippen LogP contribution in [-0.4, -0.2) is 33.5 Å². The predicted octanol–water partition coefficient (Wildman–Crippen LogP) is 4.64. The summed E-state index contributed by atoms with van der Waals surface area (Å²) in [6.07, 6.45) is 3.39. The van der Waals surface area contributed by atoms with Crippen molar-refractivity contribution in [2.75, 3.05) is 18.4 Å². The monoisotopic (exact) mass is 437 g/mol. The first kappa shape index (κ1) is 20.6. The molecule has 1 aliphatic heterocycles. The maximum Gasteiger partial charge on any atom is 0.255 e. The topological polar surface area (TPSA) is 82.7 Å².